The number of imide groups is 1. The van der Waals surface area contributed by atoms with Crippen LogP contribution >= 0.6 is 74.5 Å². The van der Waals surface area contributed by atoms with Gasteiger partial charge < -0.3 is 47.6 Å². The molecule has 4 aliphatic carbocycles. The van der Waals surface area contributed by atoms with E-state index >= 15 is 0 Å². The molecule has 0 spiro atoms. The average Bonchev–Trinajstić information content (AvgIpc) is 3.92. The van der Waals surface area contributed by atoms with E-state index in [9.17, 15) is 47.9 Å². The van der Waals surface area contributed by atoms with E-state index in [-0.39, 0.29) is 82.8 Å². The Balaban J connectivity index is -0.000000194. The van der Waals surface area contributed by atoms with Crippen molar-refractivity contribution in [2.45, 2.75) is 76.7 Å². The number of primary amides is 1. The molecule has 6 fully saturated rings. The molecule has 8 atom stereocenters. The van der Waals surface area contributed by atoms with Gasteiger partial charge in [-0.25, -0.2) is 0 Å². The number of piperidine rings is 1. The number of hydrogen-bond acceptors (Lipinski definition) is 13. The smallest absolute Gasteiger partial charge is 0.344 e. The summed E-state index contributed by atoms with van der Waals surface area (Å²) in [5, 5.41) is 28.0. The fraction of sp³-hybridized carbons (Fsp3) is 0.697. The zero-order chi connectivity index (χ0) is 43.2. The van der Waals surface area contributed by atoms with Crippen LogP contribution in [0.3, 0.4) is 0 Å². The summed E-state index contributed by atoms with van der Waals surface area (Å²) in [4.78, 5) is 105. The summed E-state index contributed by atoms with van der Waals surface area (Å²) in [5.41, 5.74) is 3.81. The molecule has 20 nitrogen and oxygen atoms in total. The van der Waals surface area contributed by atoms with E-state index in [1.54, 1.807) is 27.7 Å². The van der Waals surface area contributed by atoms with Crippen LogP contribution in [0.5, 0.6) is 0 Å². The Hall–Kier alpha value is -1.17. The fourth-order valence-electron chi connectivity index (χ4n) is 7.03. The number of carbonyl (C=O) groups excluding carboxylic acids is 7. The first kappa shape index (κ1) is 65.9. The summed E-state index contributed by atoms with van der Waals surface area (Å²) in [7, 11) is 0. The van der Waals surface area contributed by atoms with Gasteiger partial charge in [0.05, 0.1) is 47.3 Å². The molecule has 6 aliphatic rings. The molecule has 340 valence electrons. The quantitative estimate of drug-likeness (QED) is 0.0954. The number of cyclic esters (lactones) is 2. The Morgan fingerprint density at radius 3 is 0.966 bits per heavy atom. The van der Waals surface area contributed by atoms with Gasteiger partial charge in [-0.2, -0.15) is 0 Å². The SMILES string of the molecule is C.CC(=O)OC(C)=O.CC1(C)C(C(=O)O)C1C(=O)O.CC1(C)C(C(N)=O)C1C(=O)O.CC1(C)C2C(=O)NC(=O)C21.CC1(C)C2C(=O)OC(=O)C21.II.I[I-]I.N.O.O. The first-order valence-electron chi connectivity index (χ1n) is 15.7. The molecule has 2 aliphatic heterocycles. The molecule has 2 saturated heterocycles. The van der Waals surface area contributed by atoms with Crippen molar-refractivity contribution in [3.05, 3.63) is 0 Å². The zero-order valence-electron chi connectivity index (χ0n) is 32.5. The number of rotatable bonds is 4. The molecule has 13 N–H and O–H groups in total. The number of esters is 4. The maximum atomic E-state index is 10.9. The van der Waals surface area contributed by atoms with Gasteiger partial charge in [0.15, 0.2) is 0 Å². The summed E-state index contributed by atoms with van der Waals surface area (Å²) in [6, 6.07) is 0. The summed E-state index contributed by atoms with van der Waals surface area (Å²) in [6.45, 7) is 16.9. The van der Waals surface area contributed by atoms with E-state index in [1.807, 2.05) is 27.7 Å². The molecule has 0 aromatic heterocycles. The minimum absolute atomic E-state index is 0. The van der Waals surface area contributed by atoms with Crippen molar-refractivity contribution in [3.63, 3.8) is 0 Å². The van der Waals surface area contributed by atoms with Gasteiger partial charge in [-0.1, -0.05) is 62.8 Å². The van der Waals surface area contributed by atoms with Gasteiger partial charge in [0, 0.05) is 51.1 Å². The van der Waals surface area contributed by atoms with Crippen LogP contribution in [0.2, 0.25) is 0 Å². The van der Waals surface area contributed by atoms with Crippen LogP contribution in [-0.4, -0.2) is 85.8 Å². The number of halogens is 5. The van der Waals surface area contributed by atoms with Crippen LogP contribution in [0, 0.1) is 69.0 Å². The molecule has 8 unspecified atom stereocenters. The average molecular weight is 1400 g/mol. The predicted octanol–water partition coefficient (Wildman–Crippen LogP) is 0.305. The third-order valence-electron chi connectivity index (χ3n) is 10.2. The van der Waals surface area contributed by atoms with Gasteiger partial charge in [0.1, 0.15) is 0 Å². The number of carboxylic acids is 3. The zero-order valence-corrected chi connectivity index (χ0v) is 43.3. The Morgan fingerprint density at radius 1 is 0.621 bits per heavy atom. The Bertz CT molecular complexity index is 1360. The predicted molar refractivity (Wildman–Crippen MR) is 237 cm³/mol. The standard InChI is InChI=1S/C7H11NO3.C7H9NO2.C7H10O4.C7H8O3.C4H6O3.CH4.I3.I2.H3N.2H2O/c1-7(2)3(5(8)9)4(7)6(10)11;1-7(2)3-4(7)6(10)8-5(3)9;1-7(2)3(5(8)9)4(7)6(10)11;1-7(2)3-4(7)6(9)10-5(3)8;1-3(5)7-4(2)6;;1-3-2;1-2;;;/h3-4H,1-2H3,(H2,8,9)(H,10,11);3-4H,1-2H3,(H,8,9,10);3-4H,1-2H3,(H,8,9)(H,10,11);3-4H,1-2H3;1-2H3;1H4;;;1H3;2*1H2/q;;;;;;-1;;;;. The van der Waals surface area contributed by atoms with Crippen LogP contribution < -0.4 is 30.5 Å². The summed E-state index contributed by atoms with van der Waals surface area (Å²) >= 11 is 9.54. The monoisotopic (exact) mass is 1400 g/mol. The Labute approximate surface area is 389 Å². The van der Waals surface area contributed by atoms with Gasteiger partial charge in [0.2, 0.25) is 17.7 Å². The molecule has 0 aromatic rings. The number of amides is 3. The molecular formula is C33H55I5N3O17-. The topological polar surface area (TPSA) is 386 Å². The van der Waals surface area contributed by atoms with E-state index in [0.29, 0.717) is 13.3 Å². The van der Waals surface area contributed by atoms with Gasteiger partial charge >= 0.3 is 92.3 Å². The van der Waals surface area contributed by atoms with Gasteiger partial charge in [-0.15, -0.1) is 0 Å². The molecular weight excluding hydrogens is 1340 g/mol. The first-order valence-corrected chi connectivity index (χ1v) is 34.6. The number of nitrogens with two attached hydrogens (primary N) is 1. The van der Waals surface area contributed by atoms with E-state index in [4.69, 9.17) is 21.1 Å². The molecule has 25 heteroatoms. The summed E-state index contributed by atoms with van der Waals surface area (Å²) in [6.07, 6.45) is 0. The number of fused-ring (bicyclic) bond motifs is 2. The van der Waals surface area contributed by atoms with Crippen molar-refractivity contribution in [1.29, 1.82) is 0 Å². The van der Waals surface area contributed by atoms with Crippen molar-refractivity contribution in [2.24, 2.45) is 74.7 Å². The Morgan fingerprint density at radius 2 is 0.862 bits per heavy atom. The largest absolute Gasteiger partial charge is 0.412 e. The summed E-state index contributed by atoms with van der Waals surface area (Å²) in [5.74, 6) is -8.24. The molecule has 0 radical (unpaired) electrons. The van der Waals surface area contributed by atoms with Crippen molar-refractivity contribution >= 4 is 134 Å². The van der Waals surface area contributed by atoms with E-state index in [2.05, 4.69) is 89.3 Å². The molecule has 0 bridgehead atoms. The van der Waals surface area contributed by atoms with E-state index in [0.717, 1.165) is 0 Å². The molecule has 3 amide bonds. The van der Waals surface area contributed by atoms with Crippen LogP contribution in [0.1, 0.15) is 76.7 Å². The third-order valence-corrected chi connectivity index (χ3v) is 10.2. The number of aliphatic carboxylic acids is 3. The van der Waals surface area contributed by atoms with Crippen molar-refractivity contribution in [3.8, 4) is 0 Å². The number of carbonyl (C=O) groups is 10. The number of nitrogens with one attached hydrogen (secondary N) is 1. The summed E-state index contributed by atoms with van der Waals surface area (Å²) < 4.78 is 8.35. The van der Waals surface area contributed by atoms with Gasteiger partial charge in [-0.05, 0) is 21.7 Å². The minimum atomic E-state index is -1.01. The maximum Gasteiger partial charge on any atom is -0.344 e. The van der Waals surface area contributed by atoms with E-state index in [1.165, 1.54) is 13.8 Å². The first-order chi connectivity index (χ1) is 24.4. The molecule has 2 heterocycles. The van der Waals surface area contributed by atoms with Crippen LogP contribution in [0.4, 0.5) is 0 Å². The second kappa shape index (κ2) is 25.7. The van der Waals surface area contributed by atoms with Crippen LogP contribution in [0.25, 0.3) is 0 Å². The van der Waals surface area contributed by atoms with E-state index < -0.39 is 70.3 Å². The van der Waals surface area contributed by atoms with Crippen molar-refractivity contribution < 1.29 is 96.9 Å². The van der Waals surface area contributed by atoms with Crippen LogP contribution in [0.15, 0.2) is 0 Å². The van der Waals surface area contributed by atoms with Crippen LogP contribution in [-0.2, 0) is 57.4 Å². The molecule has 6 rings (SSSR count). The molecule has 0 aromatic carbocycles. The van der Waals surface area contributed by atoms with Gasteiger partial charge in [0.25, 0.3) is 0 Å². The van der Waals surface area contributed by atoms with Crippen molar-refractivity contribution in [2.75, 3.05) is 0 Å². The van der Waals surface area contributed by atoms with Gasteiger partial charge in [-0.3, -0.25) is 53.3 Å². The second-order valence-electron chi connectivity index (χ2n) is 15.3. The number of carboxylic acid groups (broad SMARTS) is 3. The molecule has 4 saturated carbocycles. The maximum absolute atomic E-state index is 10.9. The normalized spacial score (nSPS) is 28.0. The third kappa shape index (κ3) is 16.3. The fourth-order valence-corrected chi connectivity index (χ4v) is 7.03. The Kier molecular flexibility index (Phi) is 29.2. The molecule has 58 heavy (non-hydrogen) atoms. The number of ether oxygens (including phenoxy) is 2. The minimum Gasteiger partial charge on any atom is -0.412 e. The number of hydrogen-bond donors (Lipinski definition) is 6. The van der Waals surface area contributed by atoms with Crippen molar-refractivity contribution in [1.82, 2.24) is 11.5 Å². The second-order valence-corrected chi connectivity index (χ2v) is 31.5.